The van der Waals surface area contributed by atoms with Gasteiger partial charge in [0.15, 0.2) is 0 Å². The third-order valence-electron chi connectivity index (χ3n) is 2.71. The number of benzene rings is 1. The van der Waals surface area contributed by atoms with E-state index >= 15 is 0 Å². The molecule has 0 aliphatic rings. The van der Waals surface area contributed by atoms with Crippen LogP contribution in [0.1, 0.15) is 5.56 Å². The highest BCUT2D eigenvalue weighted by atomic mass is 16.1. The zero-order valence-corrected chi connectivity index (χ0v) is 11.2. The van der Waals surface area contributed by atoms with Gasteiger partial charge in [0.25, 0.3) is 0 Å². The number of carbonyl (C=O) groups is 1. The van der Waals surface area contributed by atoms with Crippen LogP contribution in [0.3, 0.4) is 0 Å². The SMILES string of the molecule is C=CCNCC(=O)Nc1cccc(Cn2ccnc2)c1. The van der Waals surface area contributed by atoms with Crippen molar-refractivity contribution >= 4 is 11.6 Å². The van der Waals surface area contributed by atoms with Crippen LogP contribution < -0.4 is 10.6 Å². The Hall–Kier alpha value is -2.40. The Morgan fingerprint density at radius 1 is 1.45 bits per heavy atom. The van der Waals surface area contributed by atoms with E-state index in [1.165, 1.54) is 0 Å². The van der Waals surface area contributed by atoms with Crippen LogP contribution in [0.2, 0.25) is 0 Å². The number of aromatic nitrogens is 2. The van der Waals surface area contributed by atoms with E-state index in [9.17, 15) is 4.79 Å². The number of hydrogen-bond acceptors (Lipinski definition) is 3. The summed E-state index contributed by atoms with van der Waals surface area (Å²) in [6.45, 7) is 5.22. The van der Waals surface area contributed by atoms with Crippen molar-refractivity contribution in [2.75, 3.05) is 18.4 Å². The lowest BCUT2D eigenvalue weighted by Crippen LogP contribution is -2.28. The van der Waals surface area contributed by atoms with Crippen LogP contribution in [-0.4, -0.2) is 28.5 Å². The minimum atomic E-state index is -0.0633. The van der Waals surface area contributed by atoms with Gasteiger partial charge in [-0.1, -0.05) is 18.2 Å². The van der Waals surface area contributed by atoms with E-state index in [0.717, 1.165) is 17.8 Å². The first kappa shape index (κ1) is 14.0. The largest absolute Gasteiger partial charge is 0.333 e. The Balaban J connectivity index is 1.92. The maximum absolute atomic E-state index is 11.7. The Morgan fingerprint density at radius 2 is 2.35 bits per heavy atom. The molecule has 1 heterocycles. The topological polar surface area (TPSA) is 59.0 Å². The number of imidazole rings is 1. The molecule has 0 fully saturated rings. The van der Waals surface area contributed by atoms with Gasteiger partial charge in [-0.2, -0.15) is 0 Å². The second kappa shape index (κ2) is 7.25. The first-order valence-corrected chi connectivity index (χ1v) is 6.44. The molecular weight excluding hydrogens is 252 g/mol. The van der Waals surface area contributed by atoms with Crippen molar-refractivity contribution in [2.45, 2.75) is 6.54 Å². The van der Waals surface area contributed by atoms with Crippen molar-refractivity contribution in [3.05, 3.63) is 61.2 Å². The van der Waals surface area contributed by atoms with Gasteiger partial charge < -0.3 is 15.2 Å². The van der Waals surface area contributed by atoms with E-state index in [-0.39, 0.29) is 12.5 Å². The van der Waals surface area contributed by atoms with Crippen molar-refractivity contribution in [2.24, 2.45) is 0 Å². The van der Waals surface area contributed by atoms with E-state index in [0.29, 0.717) is 6.54 Å². The molecule has 0 aliphatic heterocycles. The molecule has 0 spiro atoms. The molecule has 5 nitrogen and oxygen atoms in total. The van der Waals surface area contributed by atoms with Crippen molar-refractivity contribution in [3.63, 3.8) is 0 Å². The van der Waals surface area contributed by atoms with Crippen LogP contribution in [0.5, 0.6) is 0 Å². The lowest BCUT2D eigenvalue weighted by atomic mass is 10.2. The first-order valence-electron chi connectivity index (χ1n) is 6.44. The predicted octanol–water partition coefficient (Wildman–Crippen LogP) is 1.65. The zero-order chi connectivity index (χ0) is 14.2. The third-order valence-corrected chi connectivity index (χ3v) is 2.71. The normalized spacial score (nSPS) is 10.2. The molecule has 0 aliphatic carbocycles. The zero-order valence-electron chi connectivity index (χ0n) is 11.2. The number of amides is 1. The van der Waals surface area contributed by atoms with E-state index < -0.39 is 0 Å². The van der Waals surface area contributed by atoms with Crippen LogP contribution in [0.4, 0.5) is 5.69 Å². The molecule has 0 saturated carbocycles. The molecule has 1 aromatic carbocycles. The number of anilines is 1. The molecule has 104 valence electrons. The summed E-state index contributed by atoms with van der Waals surface area (Å²) in [7, 11) is 0. The van der Waals surface area contributed by atoms with Crippen LogP contribution in [-0.2, 0) is 11.3 Å². The lowest BCUT2D eigenvalue weighted by Gasteiger charge is -2.08. The molecule has 0 atom stereocenters. The maximum Gasteiger partial charge on any atom is 0.238 e. The molecule has 0 unspecified atom stereocenters. The summed E-state index contributed by atoms with van der Waals surface area (Å²) in [6.07, 6.45) is 7.14. The Morgan fingerprint density at radius 3 is 3.10 bits per heavy atom. The molecule has 2 rings (SSSR count). The van der Waals surface area contributed by atoms with Gasteiger partial charge in [0, 0.05) is 31.2 Å². The fourth-order valence-electron chi connectivity index (χ4n) is 1.83. The average Bonchev–Trinajstić information content (AvgIpc) is 2.92. The van der Waals surface area contributed by atoms with Gasteiger partial charge in [0.1, 0.15) is 0 Å². The van der Waals surface area contributed by atoms with Crippen molar-refractivity contribution < 1.29 is 4.79 Å². The Labute approximate surface area is 118 Å². The number of rotatable bonds is 7. The minimum absolute atomic E-state index is 0.0633. The highest BCUT2D eigenvalue weighted by Gasteiger charge is 2.02. The van der Waals surface area contributed by atoms with Crippen LogP contribution in [0, 0.1) is 0 Å². The van der Waals surface area contributed by atoms with Crippen LogP contribution in [0.15, 0.2) is 55.6 Å². The minimum Gasteiger partial charge on any atom is -0.333 e. The number of nitrogens with one attached hydrogen (secondary N) is 2. The van der Waals surface area contributed by atoms with Crippen LogP contribution >= 0.6 is 0 Å². The summed E-state index contributed by atoms with van der Waals surface area (Å²) >= 11 is 0. The van der Waals surface area contributed by atoms with Gasteiger partial charge in [-0.15, -0.1) is 6.58 Å². The molecule has 1 aromatic heterocycles. The highest BCUT2D eigenvalue weighted by Crippen LogP contribution is 2.11. The van der Waals surface area contributed by atoms with Gasteiger partial charge in [0.2, 0.25) is 5.91 Å². The molecule has 5 heteroatoms. The molecular formula is C15H18N4O. The average molecular weight is 270 g/mol. The monoisotopic (exact) mass is 270 g/mol. The molecule has 0 radical (unpaired) electrons. The predicted molar refractivity (Wildman–Crippen MR) is 79.5 cm³/mol. The van der Waals surface area contributed by atoms with E-state index in [4.69, 9.17) is 0 Å². The molecule has 20 heavy (non-hydrogen) atoms. The smallest absolute Gasteiger partial charge is 0.238 e. The maximum atomic E-state index is 11.7. The fraction of sp³-hybridized carbons (Fsp3) is 0.200. The standard InChI is InChI=1S/C15H18N4O/c1-2-6-16-10-15(20)18-14-5-3-4-13(9-14)11-19-8-7-17-12-19/h2-5,7-9,12,16H,1,6,10-11H2,(H,18,20). The molecule has 1 amide bonds. The lowest BCUT2D eigenvalue weighted by molar-refractivity contribution is -0.115. The quantitative estimate of drug-likeness (QED) is 0.594. The second-order valence-corrected chi connectivity index (χ2v) is 4.40. The molecule has 2 N–H and O–H groups in total. The van der Waals surface area contributed by atoms with Gasteiger partial charge in [-0.25, -0.2) is 4.98 Å². The molecule has 0 bridgehead atoms. The van der Waals surface area contributed by atoms with E-state index in [2.05, 4.69) is 22.2 Å². The summed E-state index contributed by atoms with van der Waals surface area (Å²) in [5.74, 6) is -0.0633. The third kappa shape index (κ3) is 4.37. The van der Waals surface area contributed by atoms with Crippen molar-refractivity contribution in [1.29, 1.82) is 0 Å². The molecule has 0 saturated heterocycles. The summed E-state index contributed by atoms with van der Waals surface area (Å²) in [6, 6.07) is 7.79. The van der Waals surface area contributed by atoms with E-state index in [1.54, 1.807) is 18.6 Å². The van der Waals surface area contributed by atoms with Crippen LogP contribution in [0.25, 0.3) is 0 Å². The second-order valence-electron chi connectivity index (χ2n) is 4.40. The van der Waals surface area contributed by atoms with Gasteiger partial charge in [-0.05, 0) is 17.7 Å². The van der Waals surface area contributed by atoms with Crippen molar-refractivity contribution in [3.8, 4) is 0 Å². The number of hydrogen-bond donors (Lipinski definition) is 2. The van der Waals surface area contributed by atoms with E-state index in [1.807, 2.05) is 35.0 Å². The molecule has 2 aromatic rings. The Bertz CT molecular complexity index is 563. The number of nitrogens with zero attached hydrogens (tertiary/aromatic N) is 2. The summed E-state index contributed by atoms with van der Waals surface area (Å²) < 4.78 is 1.98. The van der Waals surface area contributed by atoms with Gasteiger partial charge in [0.05, 0.1) is 12.9 Å². The first-order chi connectivity index (χ1) is 9.78. The summed E-state index contributed by atoms with van der Waals surface area (Å²) in [4.78, 5) is 15.7. The highest BCUT2D eigenvalue weighted by molar-refractivity contribution is 5.92. The summed E-state index contributed by atoms with van der Waals surface area (Å²) in [5.41, 5.74) is 1.91. The Kier molecular flexibility index (Phi) is 5.08. The summed E-state index contributed by atoms with van der Waals surface area (Å²) in [5, 5.41) is 5.82. The fourth-order valence-corrected chi connectivity index (χ4v) is 1.83. The number of carbonyl (C=O) groups excluding carboxylic acids is 1. The van der Waals surface area contributed by atoms with Crippen molar-refractivity contribution in [1.82, 2.24) is 14.9 Å². The van der Waals surface area contributed by atoms with Gasteiger partial charge in [-0.3, -0.25) is 4.79 Å². The van der Waals surface area contributed by atoms with Gasteiger partial charge >= 0.3 is 0 Å².